The van der Waals surface area contributed by atoms with E-state index in [4.69, 9.17) is 10.7 Å². The van der Waals surface area contributed by atoms with Crippen molar-refractivity contribution in [3.63, 3.8) is 0 Å². The minimum absolute atomic E-state index is 0.0152. The van der Waals surface area contributed by atoms with Gasteiger partial charge in [0.25, 0.3) is 0 Å². The molecule has 1 heterocycles. The Kier molecular flexibility index (Phi) is 7.83. The van der Waals surface area contributed by atoms with Crippen LogP contribution in [0.4, 0.5) is 5.69 Å². The normalized spacial score (nSPS) is 20.0. The van der Waals surface area contributed by atoms with Crippen LogP contribution in [0.15, 0.2) is 66.9 Å². The van der Waals surface area contributed by atoms with Crippen molar-refractivity contribution >= 4 is 17.5 Å². The fourth-order valence-corrected chi connectivity index (χ4v) is 5.86. The van der Waals surface area contributed by atoms with E-state index in [0.29, 0.717) is 24.1 Å². The van der Waals surface area contributed by atoms with Crippen LogP contribution in [-0.2, 0) is 15.1 Å². The number of pyridine rings is 1. The highest BCUT2D eigenvalue weighted by Gasteiger charge is 2.47. The summed E-state index contributed by atoms with van der Waals surface area (Å²) in [4.78, 5) is 32.6. The van der Waals surface area contributed by atoms with E-state index in [9.17, 15) is 9.59 Å². The van der Waals surface area contributed by atoms with Gasteiger partial charge in [-0.15, -0.1) is 0 Å². The maximum atomic E-state index is 13.1. The molecule has 0 aliphatic heterocycles. The molecule has 0 saturated heterocycles. The second kappa shape index (κ2) is 11.2. The van der Waals surface area contributed by atoms with Crippen LogP contribution in [0.25, 0.3) is 22.4 Å². The molecule has 2 fully saturated rings. The van der Waals surface area contributed by atoms with Gasteiger partial charge in [0, 0.05) is 41.6 Å². The Bertz CT molecular complexity index is 1350. The van der Waals surface area contributed by atoms with E-state index in [1.54, 1.807) is 6.20 Å². The summed E-state index contributed by atoms with van der Waals surface area (Å²) in [5.74, 6) is 0.641. The lowest BCUT2D eigenvalue weighted by atomic mass is 9.83. The zero-order chi connectivity index (χ0) is 28.5. The molecule has 2 amide bonds. The van der Waals surface area contributed by atoms with Crippen LogP contribution in [0.3, 0.4) is 0 Å². The van der Waals surface area contributed by atoms with E-state index in [0.717, 1.165) is 66.5 Å². The lowest BCUT2D eigenvalue weighted by Gasteiger charge is -2.36. The molecule has 3 N–H and O–H groups in total. The Morgan fingerprint density at radius 1 is 1.00 bits per heavy atom. The van der Waals surface area contributed by atoms with Crippen molar-refractivity contribution in [2.24, 2.45) is 17.1 Å². The molecule has 0 radical (unpaired) electrons. The molecule has 0 bridgehead atoms. The summed E-state index contributed by atoms with van der Waals surface area (Å²) in [6.45, 7) is 6.06. The van der Waals surface area contributed by atoms with Gasteiger partial charge in [0.15, 0.2) is 0 Å². The van der Waals surface area contributed by atoms with Gasteiger partial charge in [-0.25, -0.2) is 0 Å². The number of anilines is 1. The second-order valence-electron chi connectivity index (χ2n) is 12.7. The van der Waals surface area contributed by atoms with Gasteiger partial charge >= 0.3 is 0 Å². The van der Waals surface area contributed by atoms with Crippen LogP contribution in [0.1, 0.15) is 71.3 Å². The molecule has 2 aromatic carbocycles. The first kappa shape index (κ1) is 28.0. The highest BCUT2D eigenvalue weighted by atomic mass is 16.2. The van der Waals surface area contributed by atoms with E-state index >= 15 is 0 Å². The van der Waals surface area contributed by atoms with Crippen LogP contribution in [-0.4, -0.2) is 34.8 Å². The molecular formula is C34H42N4O2. The summed E-state index contributed by atoms with van der Waals surface area (Å²) >= 11 is 0. The minimum atomic E-state index is -0.413. The van der Waals surface area contributed by atoms with Gasteiger partial charge in [-0.05, 0) is 75.5 Å². The zero-order valence-electron chi connectivity index (χ0n) is 24.2. The third-order valence-electron chi connectivity index (χ3n) is 8.83. The molecule has 6 nitrogen and oxygen atoms in total. The first-order chi connectivity index (χ1) is 19.0. The van der Waals surface area contributed by atoms with Crippen LogP contribution in [0.2, 0.25) is 0 Å². The topological polar surface area (TPSA) is 88.3 Å². The number of hydrogen-bond acceptors (Lipinski definition) is 4. The maximum Gasteiger partial charge on any atom is 0.228 e. The van der Waals surface area contributed by atoms with Crippen LogP contribution >= 0.6 is 0 Å². The lowest BCUT2D eigenvalue weighted by Crippen LogP contribution is -2.42. The fraction of sp³-hybridized carbons (Fsp3) is 0.441. The smallest absolute Gasteiger partial charge is 0.228 e. The lowest BCUT2D eigenvalue weighted by molar-refractivity contribution is -0.138. The van der Waals surface area contributed by atoms with Gasteiger partial charge in [-0.2, -0.15) is 0 Å². The molecule has 2 aliphatic rings. The van der Waals surface area contributed by atoms with Crippen molar-refractivity contribution in [3.05, 3.63) is 72.4 Å². The Balaban J connectivity index is 1.25. The van der Waals surface area contributed by atoms with Gasteiger partial charge in [0.05, 0.1) is 17.6 Å². The van der Waals surface area contributed by atoms with Crippen LogP contribution in [0.5, 0.6) is 0 Å². The largest absolute Gasteiger partial charge is 0.342 e. The summed E-state index contributed by atoms with van der Waals surface area (Å²) in [6.07, 6.45) is 8.11. The average Bonchev–Trinajstić information content (AvgIpc) is 3.71. The molecule has 3 aromatic rings. The molecule has 2 aliphatic carbocycles. The molecule has 0 atom stereocenters. The summed E-state index contributed by atoms with van der Waals surface area (Å²) in [5, 5.41) is 3.10. The zero-order valence-corrected chi connectivity index (χ0v) is 24.2. The average molecular weight is 539 g/mol. The number of amides is 2. The van der Waals surface area contributed by atoms with Crippen molar-refractivity contribution in [1.82, 2.24) is 9.88 Å². The van der Waals surface area contributed by atoms with Gasteiger partial charge < -0.3 is 16.0 Å². The number of rotatable bonds is 8. The highest BCUT2D eigenvalue weighted by molar-refractivity contribution is 5.93. The van der Waals surface area contributed by atoms with Crippen molar-refractivity contribution < 1.29 is 9.59 Å². The number of carbonyl (C=O) groups is 2. The third kappa shape index (κ3) is 6.28. The quantitative estimate of drug-likeness (QED) is 0.332. The van der Waals surface area contributed by atoms with Gasteiger partial charge in [0.1, 0.15) is 0 Å². The molecule has 1 aromatic heterocycles. The standard InChI is InChI=1S/C34H42N4O2/c1-33(2,35)26-14-12-25(13-15-26)31-29(24-8-6-5-7-9-24)21-27(22-36-31)37-30(39)20-23-10-16-28(17-11-23)38(4)32(40)34(3)18-19-34/h5-9,12-15,21-23,28H,10-11,16-20,35H2,1-4H3,(H,37,39)/t23-,28-. The van der Waals surface area contributed by atoms with E-state index < -0.39 is 5.54 Å². The molecule has 0 unspecified atom stereocenters. The number of nitrogens with one attached hydrogen (secondary N) is 1. The number of aromatic nitrogens is 1. The fourth-order valence-electron chi connectivity index (χ4n) is 5.86. The molecule has 5 rings (SSSR count). The monoisotopic (exact) mass is 538 g/mol. The predicted octanol–water partition coefficient (Wildman–Crippen LogP) is 6.76. The first-order valence-corrected chi connectivity index (χ1v) is 14.6. The van der Waals surface area contributed by atoms with E-state index in [1.165, 1.54) is 0 Å². The van der Waals surface area contributed by atoms with Crippen molar-refractivity contribution in [2.75, 3.05) is 12.4 Å². The van der Waals surface area contributed by atoms with Gasteiger partial charge in [-0.3, -0.25) is 14.6 Å². The Morgan fingerprint density at radius 2 is 1.65 bits per heavy atom. The first-order valence-electron chi connectivity index (χ1n) is 14.6. The molecule has 6 heteroatoms. The number of nitrogens with two attached hydrogens (primary N) is 1. The SMILES string of the molecule is CN(C(=O)C1(C)CC1)[C@H]1CC[C@H](CC(=O)Nc2cnc(-c3ccc(C(C)(C)N)cc3)c(-c3ccccc3)c2)CC1. The third-order valence-corrected chi connectivity index (χ3v) is 8.83. The molecule has 40 heavy (non-hydrogen) atoms. The Labute approximate surface area is 238 Å². The van der Waals surface area contributed by atoms with Crippen LogP contribution in [0, 0.1) is 11.3 Å². The molecule has 2 saturated carbocycles. The summed E-state index contributed by atoms with van der Waals surface area (Å²) in [7, 11) is 1.96. The van der Waals surface area contributed by atoms with Crippen LogP contribution < -0.4 is 11.1 Å². The van der Waals surface area contributed by atoms with E-state index in [2.05, 4.69) is 48.6 Å². The number of hydrogen-bond donors (Lipinski definition) is 2. The number of benzene rings is 2. The Morgan fingerprint density at radius 3 is 2.25 bits per heavy atom. The van der Waals surface area contributed by atoms with E-state index in [-0.39, 0.29) is 17.2 Å². The predicted molar refractivity (Wildman–Crippen MR) is 161 cm³/mol. The summed E-state index contributed by atoms with van der Waals surface area (Å²) in [5.41, 5.74) is 11.4. The van der Waals surface area contributed by atoms with Crippen molar-refractivity contribution in [3.8, 4) is 22.4 Å². The minimum Gasteiger partial charge on any atom is -0.342 e. The number of nitrogens with zero attached hydrogens (tertiary/aromatic N) is 2. The second-order valence-corrected chi connectivity index (χ2v) is 12.7. The van der Waals surface area contributed by atoms with Crippen molar-refractivity contribution in [1.29, 1.82) is 0 Å². The molecular weight excluding hydrogens is 496 g/mol. The van der Waals surface area contributed by atoms with E-state index in [1.807, 2.05) is 50.1 Å². The highest BCUT2D eigenvalue weighted by Crippen LogP contribution is 2.47. The van der Waals surface area contributed by atoms with Gasteiger partial charge in [-0.1, -0.05) is 61.5 Å². The van der Waals surface area contributed by atoms with Crippen molar-refractivity contribution in [2.45, 2.75) is 77.3 Å². The Hall–Kier alpha value is -3.51. The molecule has 210 valence electrons. The van der Waals surface area contributed by atoms with Gasteiger partial charge in [0.2, 0.25) is 11.8 Å². The molecule has 0 spiro atoms. The summed E-state index contributed by atoms with van der Waals surface area (Å²) in [6, 6.07) is 20.7. The number of carbonyl (C=O) groups excluding carboxylic acids is 2. The maximum absolute atomic E-state index is 13.1. The summed E-state index contributed by atoms with van der Waals surface area (Å²) < 4.78 is 0.